The van der Waals surface area contributed by atoms with Gasteiger partial charge in [-0.1, -0.05) is 72.8 Å². The molecule has 0 aromatic heterocycles. The Hall–Kier alpha value is -4.44. The standard InChI is InChI=1S/C30H26N2O2/c1-31(27-9-5-3-6-10-27)29(33)25-19-15-23(16-20-25)13-14-24-17-21-26(22-18-24)30(34)32(2)28-11-7-4-8-12-28/h3-22H,1-2H3/b14-13+. The van der Waals surface area contributed by atoms with Crippen molar-refractivity contribution in [2.75, 3.05) is 23.9 Å². The Bertz CT molecular complexity index is 1180. The van der Waals surface area contributed by atoms with Crippen molar-refractivity contribution in [1.29, 1.82) is 0 Å². The van der Waals surface area contributed by atoms with Crippen LogP contribution in [0.4, 0.5) is 11.4 Å². The maximum absolute atomic E-state index is 12.7. The largest absolute Gasteiger partial charge is 0.311 e. The lowest BCUT2D eigenvalue weighted by Crippen LogP contribution is -2.26. The Labute approximate surface area is 200 Å². The predicted octanol–water partition coefficient (Wildman–Crippen LogP) is 6.41. The third-order valence-corrected chi connectivity index (χ3v) is 5.68. The number of anilines is 2. The Morgan fingerprint density at radius 2 is 0.824 bits per heavy atom. The monoisotopic (exact) mass is 446 g/mol. The van der Waals surface area contributed by atoms with Crippen LogP contribution in [0.5, 0.6) is 0 Å². The van der Waals surface area contributed by atoms with Gasteiger partial charge in [0.2, 0.25) is 0 Å². The van der Waals surface area contributed by atoms with Crippen LogP contribution < -0.4 is 9.80 Å². The summed E-state index contributed by atoms with van der Waals surface area (Å²) in [4.78, 5) is 28.8. The first kappa shape index (κ1) is 22.7. The second kappa shape index (κ2) is 10.5. The van der Waals surface area contributed by atoms with Crippen LogP contribution >= 0.6 is 0 Å². The fourth-order valence-corrected chi connectivity index (χ4v) is 3.59. The van der Waals surface area contributed by atoms with Crippen LogP contribution in [0.3, 0.4) is 0 Å². The van der Waals surface area contributed by atoms with Gasteiger partial charge in [0.05, 0.1) is 0 Å². The Morgan fingerprint density at radius 1 is 0.500 bits per heavy atom. The van der Waals surface area contributed by atoms with Gasteiger partial charge in [-0.15, -0.1) is 0 Å². The second-order valence-electron chi connectivity index (χ2n) is 7.98. The SMILES string of the molecule is CN(C(=O)c1ccc(/C=C/c2ccc(C(=O)N(C)c3ccccc3)cc2)cc1)c1ccccc1. The average Bonchev–Trinajstić information content (AvgIpc) is 2.92. The lowest BCUT2D eigenvalue weighted by molar-refractivity contribution is 0.0985. The molecule has 0 fully saturated rings. The van der Waals surface area contributed by atoms with Crippen molar-refractivity contribution < 1.29 is 9.59 Å². The van der Waals surface area contributed by atoms with Crippen molar-refractivity contribution >= 4 is 35.3 Å². The molecular formula is C30H26N2O2. The molecule has 0 aliphatic carbocycles. The van der Waals surface area contributed by atoms with E-state index in [-0.39, 0.29) is 11.8 Å². The van der Waals surface area contributed by atoms with Crippen LogP contribution in [0.25, 0.3) is 12.2 Å². The van der Waals surface area contributed by atoms with E-state index in [0.29, 0.717) is 11.1 Å². The number of hydrogen-bond acceptors (Lipinski definition) is 2. The zero-order valence-electron chi connectivity index (χ0n) is 19.3. The summed E-state index contributed by atoms with van der Waals surface area (Å²) >= 11 is 0. The van der Waals surface area contributed by atoms with Crippen LogP contribution in [0.15, 0.2) is 109 Å². The zero-order chi connectivity index (χ0) is 23.9. The molecule has 168 valence electrons. The van der Waals surface area contributed by atoms with E-state index < -0.39 is 0 Å². The van der Waals surface area contributed by atoms with Crippen LogP contribution in [-0.4, -0.2) is 25.9 Å². The van der Waals surface area contributed by atoms with Crippen LogP contribution in [0, 0.1) is 0 Å². The molecule has 0 atom stereocenters. The van der Waals surface area contributed by atoms with Gasteiger partial charge in [-0.3, -0.25) is 9.59 Å². The molecule has 0 spiro atoms. The smallest absolute Gasteiger partial charge is 0.258 e. The molecule has 0 saturated heterocycles. The van der Waals surface area contributed by atoms with Crippen LogP contribution in [-0.2, 0) is 0 Å². The van der Waals surface area contributed by atoms with E-state index in [2.05, 4.69) is 0 Å². The summed E-state index contributed by atoms with van der Waals surface area (Å²) < 4.78 is 0. The molecule has 4 aromatic carbocycles. The van der Waals surface area contributed by atoms with Gasteiger partial charge < -0.3 is 9.80 Å². The molecule has 0 unspecified atom stereocenters. The van der Waals surface area contributed by atoms with E-state index in [1.807, 2.05) is 121 Å². The maximum atomic E-state index is 12.7. The molecule has 4 rings (SSSR count). The Kier molecular flexibility index (Phi) is 6.99. The topological polar surface area (TPSA) is 40.6 Å². The number of para-hydroxylation sites is 2. The quantitative estimate of drug-likeness (QED) is 0.321. The van der Waals surface area contributed by atoms with Crippen molar-refractivity contribution in [3.63, 3.8) is 0 Å². The first-order valence-electron chi connectivity index (χ1n) is 11.1. The first-order chi connectivity index (χ1) is 16.5. The number of rotatable bonds is 6. The highest BCUT2D eigenvalue weighted by Crippen LogP contribution is 2.18. The molecule has 0 radical (unpaired) electrons. The number of carbonyl (C=O) groups is 2. The van der Waals surface area contributed by atoms with Crippen molar-refractivity contribution in [3.8, 4) is 0 Å². The fraction of sp³-hybridized carbons (Fsp3) is 0.0667. The van der Waals surface area contributed by atoms with Gasteiger partial charge in [0.1, 0.15) is 0 Å². The molecule has 0 saturated carbocycles. The lowest BCUT2D eigenvalue weighted by atomic mass is 10.1. The molecule has 2 amide bonds. The van der Waals surface area contributed by atoms with Gasteiger partial charge in [0.25, 0.3) is 11.8 Å². The van der Waals surface area contributed by atoms with E-state index in [1.54, 1.807) is 23.9 Å². The van der Waals surface area contributed by atoms with Gasteiger partial charge in [-0.05, 0) is 59.7 Å². The number of amides is 2. The first-order valence-corrected chi connectivity index (χ1v) is 11.1. The highest BCUT2D eigenvalue weighted by atomic mass is 16.2. The maximum Gasteiger partial charge on any atom is 0.258 e. The van der Waals surface area contributed by atoms with E-state index >= 15 is 0 Å². The van der Waals surface area contributed by atoms with Gasteiger partial charge >= 0.3 is 0 Å². The summed E-state index contributed by atoms with van der Waals surface area (Å²) in [6.45, 7) is 0. The average molecular weight is 447 g/mol. The normalized spacial score (nSPS) is 10.8. The summed E-state index contributed by atoms with van der Waals surface area (Å²) in [6, 6.07) is 34.2. The summed E-state index contributed by atoms with van der Waals surface area (Å²) in [6.07, 6.45) is 3.98. The fourth-order valence-electron chi connectivity index (χ4n) is 3.59. The third-order valence-electron chi connectivity index (χ3n) is 5.68. The lowest BCUT2D eigenvalue weighted by Gasteiger charge is -2.17. The van der Waals surface area contributed by atoms with Gasteiger partial charge in [0.15, 0.2) is 0 Å². The Morgan fingerprint density at radius 3 is 1.15 bits per heavy atom. The molecule has 0 aliphatic heterocycles. The molecule has 4 heteroatoms. The molecule has 34 heavy (non-hydrogen) atoms. The molecule has 0 N–H and O–H groups in total. The molecule has 0 bridgehead atoms. The van der Waals surface area contributed by atoms with Crippen LogP contribution in [0.1, 0.15) is 31.8 Å². The second-order valence-corrected chi connectivity index (χ2v) is 7.98. The van der Waals surface area contributed by atoms with Crippen molar-refractivity contribution in [1.82, 2.24) is 0 Å². The van der Waals surface area contributed by atoms with Crippen LogP contribution in [0.2, 0.25) is 0 Å². The summed E-state index contributed by atoms with van der Waals surface area (Å²) in [5.74, 6) is -0.107. The minimum atomic E-state index is -0.0533. The van der Waals surface area contributed by atoms with Gasteiger partial charge in [-0.2, -0.15) is 0 Å². The van der Waals surface area contributed by atoms with Crippen molar-refractivity contribution in [3.05, 3.63) is 131 Å². The predicted molar refractivity (Wildman–Crippen MR) is 140 cm³/mol. The number of nitrogens with zero attached hydrogens (tertiary/aromatic N) is 2. The summed E-state index contributed by atoms with van der Waals surface area (Å²) in [5.41, 5.74) is 4.95. The minimum absolute atomic E-state index is 0.0533. The summed E-state index contributed by atoms with van der Waals surface area (Å²) in [5, 5.41) is 0. The Balaban J connectivity index is 1.40. The molecule has 4 aromatic rings. The van der Waals surface area contributed by atoms with Crippen molar-refractivity contribution in [2.24, 2.45) is 0 Å². The third kappa shape index (κ3) is 5.30. The van der Waals surface area contributed by atoms with Crippen molar-refractivity contribution in [2.45, 2.75) is 0 Å². The van der Waals surface area contributed by atoms with E-state index in [4.69, 9.17) is 0 Å². The van der Waals surface area contributed by atoms with Gasteiger partial charge in [-0.25, -0.2) is 0 Å². The van der Waals surface area contributed by atoms with E-state index in [9.17, 15) is 9.59 Å². The zero-order valence-corrected chi connectivity index (χ0v) is 19.3. The molecule has 0 aliphatic rings. The number of hydrogen-bond donors (Lipinski definition) is 0. The van der Waals surface area contributed by atoms with E-state index in [0.717, 1.165) is 22.5 Å². The number of carbonyl (C=O) groups excluding carboxylic acids is 2. The molecule has 0 heterocycles. The number of benzene rings is 4. The highest BCUT2D eigenvalue weighted by Gasteiger charge is 2.13. The highest BCUT2D eigenvalue weighted by molar-refractivity contribution is 6.06. The summed E-state index contributed by atoms with van der Waals surface area (Å²) in [7, 11) is 3.55. The van der Waals surface area contributed by atoms with Gasteiger partial charge in [0, 0.05) is 36.6 Å². The molecular weight excluding hydrogens is 420 g/mol. The molecule has 4 nitrogen and oxygen atoms in total. The minimum Gasteiger partial charge on any atom is -0.311 e. The van der Waals surface area contributed by atoms with E-state index in [1.165, 1.54) is 0 Å².